The fraction of sp³-hybridized carbons (Fsp3) is 0.267. The molecule has 0 saturated heterocycles. The van der Waals surface area contributed by atoms with Crippen LogP contribution < -0.4 is 20.3 Å². The molecule has 0 atom stereocenters. The van der Waals surface area contributed by atoms with E-state index in [0.717, 1.165) is 11.8 Å². The molecule has 0 aliphatic rings. The summed E-state index contributed by atoms with van der Waals surface area (Å²) in [6.45, 7) is 1.72. The molecule has 0 spiro atoms. The van der Waals surface area contributed by atoms with Crippen LogP contribution in [0.3, 0.4) is 0 Å². The number of methoxy groups -OCH3 is 2. The Morgan fingerprint density at radius 3 is 2.43 bits per heavy atom. The van der Waals surface area contributed by atoms with Gasteiger partial charge in [-0.15, -0.1) is 0 Å². The maximum Gasteiger partial charge on any atom is 0.251 e. The van der Waals surface area contributed by atoms with Crippen molar-refractivity contribution < 1.29 is 14.3 Å². The first-order chi connectivity index (χ1) is 11.0. The molecule has 8 heteroatoms. The van der Waals surface area contributed by atoms with E-state index in [-0.39, 0.29) is 17.2 Å². The van der Waals surface area contributed by atoms with Crippen molar-refractivity contribution in [1.82, 2.24) is 9.97 Å². The number of anilines is 1. The average Bonchev–Trinajstić information content (AvgIpc) is 2.51. The van der Waals surface area contributed by atoms with Gasteiger partial charge in [-0.1, -0.05) is 11.8 Å². The van der Waals surface area contributed by atoms with Crippen LogP contribution in [0.4, 0.5) is 5.69 Å². The van der Waals surface area contributed by atoms with Crippen molar-refractivity contribution in [2.24, 2.45) is 0 Å². The molecule has 2 rings (SSSR count). The summed E-state index contributed by atoms with van der Waals surface area (Å²) in [5.41, 5.74) is 0.935. The maximum atomic E-state index is 12.0. The molecular formula is C15H17N3O4S. The average molecular weight is 335 g/mol. The zero-order chi connectivity index (χ0) is 16.8. The third-order valence-electron chi connectivity index (χ3n) is 2.82. The number of ether oxygens (including phenoxy) is 2. The highest BCUT2D eigenvalue weighted by atomic mass is 32.2. The monoisotopic (exact) mass is 335 g/mol. The number of aryl methyl sites for hydroxylation is 1. The molecule has 0 aliphatic heterocycles. The van der Waals surface area contributed by atoms with Crippen molar-refractivity contribution >= 4 is 23.4 Å². The van der Waals surface area contributed by atoms with Gasteiger partial charge in [-0.05, 0) is 6.92 Å². The minimum absolute atomic E-state index is 0.117. The Balaban J connectivity index is 2.00. The number of nitrogens with zero attached hydrogens (tertiary/aromatic N) is 1. The Bertz CT molecular complexity index is 738. The van der Waals surface area contributed by atoms with Gasteiger partial charge in [0.15, 0.2) is 5.16 Å². The van der Waals surface area contributed by atoms with Crippen LogP contribution in [0.15, 0.2) is 34.2 Å². The second-order valence-electron chi connectivity index (χ2n) is 4.63. The standard InChI is InChI=1S/C15H17N3O4S/c1-9-4-13(19)18-15(16-9)23-8-14(20)17-10-5-11(21-2)7-12(6-10)22-3/h4-7H,8H2,1-3H3,(H,17,20)(H,16,18,19). The van der Waals surface area contributed by atoms with Crippen molar-refractivity contribution in [3.05, 3.63) is 40.3 Å². The first-order valence-electron chi connectivity index (χ1n) is 6.74. The zero-order valence-corrected chi connectivity index (χ0v) is 13.8. The number of carbonyl (C=O) groups is 1. The van der Waals surface area contributed by atoms with E-state index in [2.05, 4.69) is 15.3 Å². The summed E-state index contributed by atoms with van der Waals surface area (Å²) >= 11 is 1.15. The minimum Gasteiger partial charge on any atom is -0.497 e. The third-order valence-corrected chi connectivity index (χ3v) is 3.70. The van der Waals surface area contributed by atoms with Crippen LogP contribution in [0.25, 0.3) is 0 Å². The number of H-pyrrole nitrogens is 1. The summed E-state index contributed by atoms with van der Waals surface area (Å²) in [4.78, 5) is 30.1. The number of aromatic amines is 1. The minimum atomic E-state index is -0.238. The van der Waals surface area contributed by atoms with Crippen molar-refractivity contribution in [2.45, 2.75) is 12.1 Å². The maximum absolute atomic E-state index is 12.0. The highest BCUT2D eigenvalue weighted by Crippen LogP contribution is 2.26. The summed E-state index contributed by atoms with van der Waals surface area (Å²) in [7, 11) is 3.08. The predicted molar refractivity (Wildman–Crippen MR) is 88.5 cm³/mol. The molecule has 2 N–H and O–H groups in total. The van der Waals surface area contributed by atoms with Gasteiger partial charge in [-0.3, -0.25) is 9.59 Å². The lowest BCUT2D eigenvalue weighted by atomic mass is 10.2. The number of hydrogen-bond acceptors (Lipinski definition) is 6. The summed E-state index contributed by atoms with van der Waals surface area (Å²) in [6.07, 6.45) is 0. The molecule has 1 aromatic heterocycles. The molecule has 0 bridgehead atoms. The van der Waals surface area contributed by atoms with Gasteiger partial charge in [0.1, 0.15) is 11.5 Å². The highest BCUT2D eigenvalue weighted by molar-refractivity contribution is 7.99. The van der Waals surface area contributed by atoms with Crippen molar-refractivity contribution in [1.29, 1.82) is 0 Å². The summed E-state index contributed by atoms with van der Waals surface area (Å²) in [6, 6.07) is 6.49. The molecule has 0 unspecified atom stereocenters. The molecule has 0 aliphatic carbocycles. The quantitative estimate of drug-likeness (QED) is 0.618. The smallest absolute Gasteiger partial charge is 0.251 e. The second-order valence-corrected chi connectivity index (χ2v) is 5.59. The lowest BCUT2D eigenvalue weighted by molar-refractivity contribution is -0.113. The normalized spacial score (nSPS) is 10.2. The second kappa shape index (κ2) is 7.68. The Morgan fingerprint density at radius 2 is 1.87 bits per heavy atom. The molecule has 1 aromatic carbocycles. The van der Waals surface area contributed by atoms with Gasteiger partial charge in [0, 0.05) is 35.6 Å². The molecule has 1 heterocycles. The molecular weight excluding hydrogens is 318 g/mol. The highest BCUT2D eigenvalue weighted by Gasteiger charge is 2.08. The van der Waals surface area contributed by atoms with Crippen LogP contribution in [-0.4, -0.2) is 35.8 Å². The van der Waals surface area contributed by atoms with E-state index in [9.17, 15) is 9.59 Å². The Labute approximate surface area is 137 Å². The number of amides is 1. The first kappa shape index (κ1) is 16.9. The molecule has 122 valence electrons. The first-order valence-corrected chi connectivity index (χ1v) is 7.72. The van der Waals surface area contributed by atoms with Crippen LogP contribution in [0.2, 0.25) is 0 Å². The van der Waals surface area contributed by atoms with Gasteiger partial charge in [0.2, 0.25) is 5.91 Å². The molecule has 0 saturated carbocycles. The summed E-state index contributed by atoms with van der Waals surface area (Å²) < 4.78 is 10.3. The van der Waals surface area contributed by atoms with E-state index < -0.39 is 0 Å². The molecule has 2 aromatic rings. The van der Waals surface area contributed by atoms with E-state index in [1.165, 1.54) is 20.3 Å². The number of hydrogen-bond donors (Lipinski definition) is 2. The fourth-order valence-electron chi connectivity index (χ4n) is 1.83. The summed E-state index contributed by atoms with van der Waals surface area (Å²) in [5.74, 6) is 1.05. The molecule has 0 radical (unpaired) electrons. The number of rotatable bonds is 6. The van der Waals surface area contributed by atoms with Gasteiger partial charge in [-0.2, -0.15) is 0 Å². The molecule has 7 nitrogen and oxygen atoms in total. The van der Waals surface area contributed by atoms with Crippen LogP contribution in [-0.2, 0) is 4.79 Å². The van der Waals surface area contributed by atoms with Crippen LogP contribution in [0, 0.1) is 6.92 Å². The van der Waals surface area contributed by atoms with E-state index in [1.807, 2.05) is 0 Å². The lowest BCUT2D eigenvalue weighted by Gasteiger charge is -2.09. The molecule has 0 fully saturated rings. The van der Waals surface area contributed by atoms with Gasteiger partial charge in [-0.25, -0.2) is 4.98 Å². The molecule has 1 amide bonds. The number of nitrogens with one attached hydrogen (secondary N) is 2. The van der Waals surface area contributed by atoms with Crippen molar-refractivity contribution in [3.8, 4) is 11.5 Å². The number of thioether (sulfide) groups is 1. The van der Waals surface area contributed by atoms with Crippen molar-refractivity contribution in [3.63, 3.8) is 0 Å². The zero-order valence-electron chi connectivity index (χ0n) is 13.0. The fourth-order valence-corrected chi connectivity index (χ4v) is 2.55. The van der Waals surface area contributed by atoms with Crippen LogP contribution in [0.1, 0.15) is 5.69 Å². The van der Waals surface area contributed by atoms with E-state index in [0.29, 0.717) is 28.0 Å². The Morgan fingerprint density at radius 1 is 1.22 bits per heavy atom. The largest absolute Gasteiger partial charge is 0.497 e. The Kier molecular flexibility index (Phi) is 5.64. The number of aromatic nitrogens is 2. The lowest BCUT2D eigenvalue weighted by Crippen LogP contribution is -2.15. The topological polar surface area (TPSA) is 93.3 Å². The predicted octanol–water partition coefficient (Wildman–Crippen LogP) is 1.83. The van der Waals surface area contributed by atoms with Gasteiger partial charge >= 0.3 is 0 Å². The SMILES string of the molecule is COc1cc(NC(=O)CSc2nc(C)cc(=O)[nH]2)cc(OC)c1. The number of benzene rings is 1. The van der Waals surface area contributed by atoms with Gasteiger partial charge in [0.25, 0.3) is 5.56 Å². The number of carbonyl (C=O) groups excluding carboxylic acids is 1. The van der Waals surface area contributed by atoms with E-state index in [4.69, 9.17) is 9.47 Å². The third kappa shape index (κ3) is 5.03. The van der Waals surface area contributed by atoms with Crippen LogP contribution in [0.5, 0.6) is 11.5 Å². The Hall–Kier alpha value is -2.48. The molecule has 23 heavy (non-hydrogen) atoms. The van der Waals surface area contributed by atoms with Crippen LogP contribution >= 0.6 is 11.8 Å². The van der Waals surface area contributed by atoms with Gasteiger partial charge < -0.3 is 19.8 Å². The van der Waals surface area contributed by atoms with E-state index >= 15 is 0 Å². The van der Waals surface area contributed by atoms with Crippen molar-refractivity contribution in [2.75, 3.05) is 25.3 Å². The van der Waals surface area contributed by atoms with Gasteiger partial charge in [0.05, 0.1) is 20.0 Å². The summed E-state index contributed by atoms with van der Waals surface area (Å²) in [5, 5.41) is 3.16. The van der Waals surface area contributed by atoms with E-state index in [1.54, 1.807) is 25.1 Å².